The van der Waals surface area contributed by atoms with Crippen molar-refractivity contribution in [3.05, 3.63) is 34.1 Å². The molecule has 7 heteroatoms. The molecule has 0 amide bonds. The number of unbranched alkanes of at least 4 members (excludes halogenated alkanes) is 4. The van der Waals surface area contributed by atoms with Gasteiger partial charge in [0, 0.05) is 11.6 Å². The average Bonchev–Trinajstić information content (AvgIpc) is 2.63. The van der Waals surface area contributed by atoms with Crippen LogP contribution >= 0.6 is 23.2 Å². The van der Waals surface area contributed by atoms with E-state index in [1.54, 1.807) is 6.07 Å². The van der Waals surface area contributed by atoms with Crippen molar-refractivity contribution in [3.8, 4) is 11.5 Å². The largest absolute Gasteiger partial charge is 0.490 e. The zero-order valence-electron chi connectivity index (χ0n) is 16.9. The first-order chi connectivity index (χ1) is 13.4. The van der Waals surface area contributed by atoms with Gasteiger partial charge in [-0.1, -0.05) is 48.1 Å². The number of hydrogen-bond acceptors (Lipinski definition) is 4. The summed E-state index contributed by atoms with van der Waals surface area (Å²) in [4.78, 5) is 5.16. The van der Waals surface area contributed by atoms with Crippen LogP contribution < -0.4 is 9.47 Å². The standard InChI is InChI=1S/C21H30Cl2FNO3/c1-4-17-14-18(26-13-10-20(22)23)15-19(24)21(17)27-11-8-6-5-7-9-12-28-25-16(2)3/h10,14-15H,4-9,11-13H2,1-3H3. The van der Waals surface area contributed by atoms with Gasteiger partial charge in [0.15, 0.2) is 11.6 Å². The molecule has 158 valence electrons. The Morgan fingerprint density at radius 2 is 1.71 bits per heavy atom. The maximum Gasteiger partial charge on any atom is 0.169 e. The van der Waals surface area contributed by atoms with E-state index in [1.807, 2.05) is 20.8 Å². The van der Waals surface area contributed by atoms with E-state index in [1.165, 1.54) is 12.1 Å². The Morgan fingerprint density at radius 3 is 2.36 bits per heavy atom. The highest BCUT2D eigenvalue weighted by Gasteiger charge is 2.12. The molecule has 0 aliphatic rings. The number of aryl methyl sites for hydroxylation is 1. The van der Waals surface area contributed by atoms with Crippen molar-refractivity contribution in [2.24, 2.45) is 5.16 Å². The van der Waals surface area contributed by atoms with Crippen LogP contribution in [0.3, 0.4) is 0 Å². The molecule has 1 aromatic carbocycles. The molecule has 0 radical (unpaired) electrons. The number of rotatable bonds is 14. The molecule has 28 heavy (non-hydrogen) atoms. The van der Waals surface area contributed by atoms with E-state index in [4.69, 9.17) is 37.5 Å². The van der Waals surface area contributed by atoms with E-state index in [0.717, 1.165) is 43.4 Å². The van der Waals surface area contributed by atoms with Crippen molar-refractivity contribution in [2.45, 2.75) is 59.3 Å². The lowest BCUT2D eigenvalue weighted by molar-refractivity contribution is 0.139. The van der Waals surface area contributed by atoms with Gasteiger partial charge in [-0.25, -0.2) is 4.39 Å². The lowest BCUT2D eigenvalue weighted by Crippen LogP contribution is -2.04. The maximum atomic E-state index is 14.4. The monoisotopic (exact) mass is 433 g/mol. The molecule has 1 aromatic rings. The minimum Gasteiger partial charge on any atom is -0.490 e. The van der Waals surface area contributed by atoms with Gasteiger partial charge < -0.3 is 14.3 Å². The first-order valence-corrected chi connectivity index (χ1v) is 10.4. The second-order valence-electron chi connectivity index (χ2n) is 6.54. The van der Waals surface area contributed by atoms with Gasteiger partial charge in [0.2, 0.25) is 0 Å². The summed E-state index contributed by atoms with van der Waals surface area (Å²) in [5, 5.41) is 3.90. The van der Waals surface area contributed by atoms with Crippen LogP contribution in [0, 0.1) is 5.82 Å². The Labute approximate surface area is 177 Å². The molecule has 0 spiro atoms. The van der Waals surface area contributed by atoms with E-state index in [0.29, 0.717) is 31.1 Å². The van der Waals surface area contributed by atoms with E-state index in [9.17, 15) is 4.39 Å². The van der Waals surface area contributed by atoms with Crippen LogP contribution in [0.1, 0.15) is 58.4 Å². The van der Waals surface area contributed by atoms with Crippen molar-refractivity contribution >= 4 is 28.9 Å². The molecule has 0 aromatic heterocycles. The Morgan fingerprint density at radius 1 is 1.04 bits per heavy atom. The van der Waals surface area contributed by atoms with Gasteiger partial charge >= 0.3 is 0 Å². The van der Waals surface area contributed by atoms with Gasteiger partial charge in [0.25, 0.3) is 0 Å². The molecule has 4 nitrogen and oxygen atoms in total. The minimum absolute atomic E-state index is 0.119. The highest BCUT2D eigenvalue weighted by molar-refractivity contribution is 6.55. The van der Waals surface area contributed by atoms with Crippen molar-refractivity contribution in [3.63, 3.8) is 0 Å². The van der Waals surface area contributed by atoms with Crippen molar-refractivity contribution in [1.29, 1.82) is 0 Å². The molecule has 1 rings (SSSR count). The number of nitrogens with zero attached hydrogens (tertiary/aromatic N) is 1. The van der Waals surface area contributed by atoms with E-state index in [-0.39, 0.29) is 11.1 Å². The number of benzene rings is 1. The van der Waals surface area contributed by atoms with Gasteiger partial charge in [0.05, 0.1) is 12.3 Å². The molecule has 0 fully saturated rings. The Bertz CT molecular complexity index is 643. The fourth-order valence-electron chi connectivity index (χ4n) is 2.48. The van der Waals surface area contributed by atoms with Gasteiger partial charge in [-0.2, -0.15) is 0 Å². The summed E-state index contributed by atoms with van der Waals surface area (Å²) in [5.41, 5.74) is 1.70. The topological polar surface area (TPSA) is 40.0 Å². The van der Waals surface area contributed by atoms with Gasteiger partial charge in [-0.15, -0.1) is 0 Å². The van der Waals surface area contributed by atoms with Crippen LogP contribution in [0.4, 0.5) is 4.39 Å². The summed E-state index contributed by atoms with van der Waals surface area (Å²) in [5.74, 6) is 0.318. The van der Waals surface area contributed by atoms with Crippen molar-refractivity contribution < 1.29 is 18.7 Å². The van der Waals surface area contributed by atoms with Crippen LogP contribution in [-0.4, -0.2) is 25.5 Å². The summed E-state index contributed by atoms with van der Waals surface area (Å²) in [6, 6.07) is 3.11. The fraction of sp³-hybridized carbons (Fsp3) is 0.571. The van der Waals surface area contributed by atoms with Gasteiger partial charge in [-0.05, 0) is 51.7 Å². The first kappa shape index (κ1) is 24.6. The molecule has 0 atom stereocenters. The third-order valence-electron chi connectivity index (χ3n) is 3.84. The maximum absolute atomic E-state index is 14.4. The Kier molecular flexibility index (Phi) is 12.8. The van der Waals surface area contributed by atoms with Crippen LogP contribution in [0.15, 0.2) is 27.9 Å². The second kappa shape index (κ2) is 14.5. The molecule has 0 bridgehead atoms. The summed E-state index contributed by atoms with van der Waals surface area (Å²) in [6.07, 6.45) is 7.22. The van der Waals surface area contributed by atoms with Crippen LogP contribution in [-0.2, 0) is 11.3 Å². The molecule has 0 aliphatic heterocycles. The normalized spacial score (nSPS) is 10.4. The Hall–Kier alpha value is -1.46. The molecule has 0 unspecified atom stereocenters. The molecule has 0 aliphatic carbocycles. The molecule has 0 heterocycles. The average molecular weight is 434 g/mol. The van der Waals surface area contributed by atoms with Crippen LogP contribution in [0.25, 0.3) is 0 Å². The Balaban J connectivity index is 2.33. The van der Waals surface area contributed by atoms with Crippen LogP contribution in [0.5, 0.6) is 11.5 Å². The first-order valence-electron chi connectivity index (χ1n) is 9.66. The summed E-state index contributed by atoms with van der Waals surface area (Å²) in [6.45, 7) is 7.08. The number of halogens is 3. The van der Waals surface area contributed by atoms with Gasteiger partial charge in [0.1, 0.15) is 23.5 Å². The van der Waals surface area contributed by atoms with Crippen molar-refractivity contribution in [2.75, 3.05) is 19.8 Å². The van der Waals surface area contributed by atoms with Gasteiger partial charge in [-0.3, -0.25) is 0 Å². The molecule has 0 saturated carbocycles. The molecular weight excluding hydrogens is 404 g/mol. The van der Waals surface area contributed by atoms with E-state index < -0.39 is 5.82 Å². The predicted molar refractivity (Wildman–Crippen MR) is 114 cm³/mol. The van der Waals surface area contributed by atoms with Crippen LogP contribution in [0.2, 0.25) is 0 Å². The third-order valence-corrected chi connectivity index (χ3v) is 4.14. The highest BCUT2D eigenvalue weighted by atomic mass is 35.5. The fourth-order valence-corrected chi connectivity index (χ4v) is 2.61. The smallest absolute Gasteiger partial charge is 0.169 e. The second-order valence-corrected chi connectivity index (χ2v) is 7.55. The lowest BCUT2D eigenvalue weighted by atomic mass is 10.1. The lowest BCUT2D eigenvalue weighted by Gasteiger charge is -2.14. The zero-order chi connectivity index (χ0) is 20.8. The predicted octanol–water partition coefficient (Wildman–Crippen LogP) is 6.83. The molecule has 0 saturated heterocycles. The number of hydrogen-bond donors (Lipinski definition) is 0. The number of oxime groups is 1. The molecular formula is C21H30Cl2FNO3. The minimum atomic E-state index is -0.417. The quantitative estimate of drug-likeness (QED) is 0.183. The molecule has 0 N–H and O–H groups in total. The summed E-state index contributed by atoms with van der Waals surface area (Å²) < 4.78 is 25.7. The SMILES string of the molecule is CCc1cc(OCC=C(Cl)Cl)cc(F)c1OCCCCCCCON=C(C)C. The van der Waals surface area contributed by atoms with E-state index >= 15 is 0 Å². The number of ether oxygens (including phenoxy) is 2. The summed E-state index contributed by atoms with van der Waals surface area (Å²) >= 11 is 11.1. The zero-order valence-corrected chi connectivity index (χ0v) is 18.4. The highest BCUT2D eigenvalue weighted by Crippen LogP contribution is 2.29. The summed E-state index contributed by atoms with van der Waals surface area (Å²) in [7, 11) is 0. The third kappa shape index (κ3) is 10.8. The van der Waals surface area contributed by atoms with Crippen molar-refractivity contribution in [1.82, 2.24) is 0 Å². The van der Waals surface area contributed by atoms with E-state index in [2.05, 4.69) is 5.16 Å².